The standard InChI is InChI=1S/C14H26N2O/c1-4-14(6-5-9-16-14)12(17)15-10-13(7-8-13)11(2)3/h11,16H,4-10H2,1-3H3,(H,15,17). The van der Waals surface area contributed by atoms with Crippen molar-refractivity contribution in [3.8, 4) is 0 Å². The van der Waals surface area contributed by atoms with Crippen molar-refractivity contribution >= 4 is 5.91 Å². The summed E-state index contributed by atoms with van der Waals surface area (Å²) < 4.78 is 0. The van der Waals surface area contributed by atoms with Gasteiger partial charge in [0, 0.05) is 6.54 Å². The van der Waals surface area contributed by atoms with Gasteiger partial charge in [-0.15, -0.1) is 0 Å². The Balaban J connectivity index is 1.89. The van der Waals surface area contributed by atoms with Gasteiger partial charge < -0.3 is 10.6 Å². The molecular weight excluding hydrogens is 212 g/mol. The van der Waals surface area contributed by atoms with E-state index in [4.69, 9.17) is 0 Å². The van der Waals surface area contributed by atoms with Crippen molar-refractivity contribution in [3.63, 3.8) is 0 Å². The lowest BCUT2D eigenvalue weighted by Gasteiger charge is -2.29. The summed E-state index contributed by atoms with van der Waals surface area (Å²) in [4.78, 5) is 12.3. The summed E-state index contributed by atoms with van der Waals surface area (Å²) in [5.74, 6) is 0.904. The van der Waals surface area contributed by atoms with E-state index in [1.54, 1.807) is 0 Å². The first kappa shape index (κ1) is 12.9. The van der Waals surface area contributed by atoms with E-state index in [1.165, 1.54) is 12.8 Å². The van der Waals surface area contributed by atoms with Gasteiger partial charge in [-0.2, -0.15) is 0 Å². The van der Waals surface area contributed by atoms with Crippen molar-refractivity contribution in [1.82, 2.24) is 10.6 Å². The van der Waals surface area contributed by atoms with Crippen molar-refractivity contribution in [2.24, 2.45) is 11.3 Å². The van der Waals surface area contributed by atoms with Crippen LogP contribution in [0.1, 0.15) is 52.9 Å². The molecule has 2 rings (SSSR count). The fraction of sp³-hybridized carbons (Fsp3) is 0.929. The largest absolute Gasteiger partial charge is 0.354 e. The molecule has 1 aliphatic carbocycles. The Morgan fingerprint density at radius 3 is 2.47 bits per heavy atom. The monoisotopic (exact) mass is 238 g/mol. The van der Waals surface area contributed by atoms with E-state index in [1.807, 2.05) is 0 Å². The Bertz CT molecular complexity index is 289. The van der Waals surface area contributed by atoms with Crippen LogP contribution in [0.2, 0.25) is 0 Å². The Morgan fingerprint density at radius 2 is 2.06 bits per heavy atom. The molecule has 3 heteroatoms. The maximum absolute atomic E-state index is 12.3. The van der Waals surface area contributed by atoms with Crippen LogP contribution in [0.15, 0.2) is 0 Å². The summed E-state index contributed by atoms with van der Waals surface area (Å²) >= 11 is 0. The van der Waals surface area contributed by atoms with Crippen LogP contribution < -0.4 is 10.6 Å². The fourth-order valence-electron chi connectivity index (χ4n) is 3.01. The smallest absolute Gasteiger partial charge is 0.240 e. The third-order valence-corrected chi connectivity index (χ3v) is 5.00. The van der Waals surface area contributed by atoms with E-state index >= 15 is 0 Å². The van der Waals surface area contributed by atoms with Gasteiger partial charge in [0.05, 0.1) is 5.54 Å². The summed E-state index contributed by atoms with van der Waals surface area (Å²) in [7, 11) is 0. The van der Waals surface area contributed by atoms with Gasteiger partial charge in [-0.25, -0.2) is 0 Å². The fourth-order valence-corrected chi connectivity index (χ4v) is 3.01. The first-order chi connectivity index (χ1) is 8.05. The van der Waals surface area contributed by atoms with Crippen LogP contribution in [0, 0.1) is 11.3 Å². The molecule has 1 atom stereocenters. The quantitative estimate of drug-likeness (QED) is 0.770. The van der Waals surface area contributed by atoms with E-state index in [-0.39, 0.29) is 11.4 Å². The van der Waals surface area contributed by atoms with Crippen molar-refractivity contribution in [2.45, 2.75) is 58.4 Å². The van der Waals surface area contributed by atoms with Gasteiger partial charge in [0.25, 0.3) is 0 Å². The average Bonchev–Trinajstić information content (AvgIpc) is 2.96. The third-order valence-electron chi connectivity index (χ3n) is 5.00. The molecule has 1 saturated carbocycles. The summed E-state index contributed by atoms with van der Waals surface area (Å²) in [6.45, 7) is 8.49. The molecule has 1 heterocycles. The number of amides is 1. The van der Waals surface area contributed by atoms with E-state index in [0.717, 1.165) is 32.4 Å². The molecule has 0 bridgehead atoms. The summed E-state index contributed by atoms with van der Waals surface area (Å²) in [6, 6.07) is 0. The second-order valence-corrected chi connectivity index (χ2v) is 6.17. The van der Waals surface area contributed by atoms with E-state index in [9.17, 15) is 4.79 Å². The molecule has 3 nitrogen and oxygen atoms in total. The molecule has 1 aliphatic heterocycles. The van der Waals surface area contributed by atoms with Crippen LogP contribution in [0.4, 0.5) is 0 Å². The van der Waals surface area contributed by atoms with Gasteiger partial charge in [-0.05, 0) is 50.0 Å². The van der Waals surface area contributed by atoms with Crippen LogP contribution in [0.5, 0.6) is 0 Å². The molecule has 0 aromatic carbocycles. The molecule has 1 amide bonds. The lowest BCUT2D eigenvalue weighted by molar-refractivity contribution is -0.127. The molecule has 17 heavy (non-hydrogen) atoms. The van der Waals surface area contributed by atoms with Gasteiger partial charge in [0.15, 0.2) is 0 Å². The van der Waals surface area contributed by atoms with Crippen LogP contribution in [-0.4, -0.2) is 24.5 Å². The van der Waals surface area contributed by atoms with E-state index in [2.05, 4.69) is 31.4 Å². The van der Waals surface area contributed by atoms with Crippen LogP contribution in [0.25, 0.3) is 0 Å². The Labute approximate surface area is 105 Å². The molecule has 2 fully saturated rings. The maximum atomic E-state index is 12.3. The topological polar surface area (TPSA) is 41.1 Å². The van der Waals surface area contributed by atoms with Crippen molar-refractivity contribution in [1.29, 1.82) is 0 Å². The minimum atomic E-state index is -0.271. The molecule has 0 radical (unpaired) electrons. The minimum Gasteiger partial charge on any atom is -0.354 e. The van der Waals surface area contributed by atoms with Crippen molar-refractivity contribution in [3.05, 3.63) is 0 Å². The highest BCUT2D eigenvalue weighted by Crippen LogP contribution is 2.51. The van der Waals surface area contributed by atoms with Crippen LogP contribution in [-0.2, 0) is 4.79 Å². The second kappa shape index (κ2) is 4.60. The Morgan fingerprint density at radius 1 is 1.35 bits per heavy atom. The van der Waals surface area contributed by atoms with Gasteiger partial charge in [0.1, 0.15) is 0 Å². The molecule has 0 aromatic heterocycles. The molecule has 0 spiro atoms. The molecule has 1 unspecified atom stereocenters. The highest BCUT2D eigenvalue weighted by atomic mass is 16.2. The Hall–Kier alpha value is -0.570. The zero-order valence-electron chi connectivity index (χ0n) is 11.4. The normalized spacial score (nSPS) is 30.6. The molecular formula is C14H26N2O. The Kier molecular flexibility index (Phi) is 3.48. The number of hydrogen-bond donors (Lipinski definition) is 2. The number of nitrogens with one attached hydrogen (secondary N) is 2. The number of rotatable bonds is 5. The van der Waals surface area contributed by atoms with Gasteiger partial charge in [0.2, 0.25) is 5.91 Å². The highest BCUT2D eigenvalue weighted by Gasteiger charge is 2.47. The summed E-state index contributed by atoms with van der Waals surface area (Å²) in [5.41, 5.74) is 0.135. The van der Waals surface area contributed by atoms with Crippen LogP contribution in [0.3, 0.4) is 0 Å². The highest BCUT2D eigenvalue weighted by molar-refractivity contribution is 5.86. The number of carbonyl (C=O) groups is 1. The SMILES string of the molecule is CCC1(C(=O)NCC2(C(C)C)CC2)CCCN1. The molecule has 0 aromatic rings. The van der Waals surface area contributed by atoms with E-state index < -0.39 is 0 Å². The van der Waals surface area contributed by atoms with Crippen LogP contribution >= 0.6 is 0 Å². The average molecular weight is 238 g/mol. The van der Waals surface area contributed by atoms with Gasteiger partial charge >= 0.3 is 0 Å². The third kappa shape index (κ3) is 2.35. The zero-order chi connectivity index (χ0) is 12.5. The number of carbonyl (C=O) groups excluding carboxylic acids is 1. The zero-order valence-corrected chi connectivity index (χ0v) is 11.4. The first-order valence-electron chi connectivity index (χ1n) is 7.08. The van der Waals surface area contributed by atoms with Crippen molar-refractivity contribution < 1.29 is 4.79 Å². The minimum absolute atomic E-state index is 0.226. The van der Waals surface area contributed by atoms with E-state index in [0.29, 0.717) is 11.3 Å². The molecule has 98 valence electrons. The molecule has 2 aliphatic rings. The predicted octanol–water partition coefficient (Wildman–Crippen LogP) is 2.07. The number of hydrogen-bond acceptors (Lipinski definition) is 2. The lowest BCUT2D eigenvalue weighted by Crippen LogP contribution is -2.54. The summed E-state index contributed by atoms with van der Waals surface area (Å²) in [6.07, 6.45) is 5.56. The maximum Gasteiger partial charge on any atom is 0.240 e. The molecule has 1 saturated heterocycles. The predicted molar refractivity (Wildman–Crippen MR) is 69.8 cm³/mol. The van der Waals surface area contributed by atoms with Gasteiger partial charge in [-0.1, -0.05) is 20.8 Å². The summed E-state index contributed by atoms with van der Waals surface area (Å²) in [5, 5.41) is 6.59. The molecule has 2 N–H and O–H groups in total. The van der Waals surface area contributed by atoms with Crippen molar-refractivity contribution in [2.75, 3.05) is 13.1 Å². The first-order valence-corrected chi connectivity index (χ1v) is 7.08. The lowest BCUT2D eigenvalue weighted by atomic mass is 9.90. The second-order valence-electron chi connectivity index (χ2n) is 6.17. The van der Waals surface area contributed by atoms with Gasteiger partial charge in [-0.3, -0.25) is 4.79 Å².